The molecule has 0 aromatic heterocycles. The van der Waals surface area contributed by atoms with Crippen LogP contribution in [0, 0.1) is 12.8 Å². The number of likely N-dealkylation sites (tertiary alicyclic amines) is 1. The fraction of sp³-hybridized carbons (Fsp3) is 0.556. The Kier molecular flexibility index (Phi) is 5.58. The third-order valence-electron chi connectivity index (χ3n) is 4.19. The SMILES string of the molecule is Cc1ccc(CC(=O)N2CCC(NC(=O)C(C)C)CC2)cc1. The number of nitrogens with zero attached hydrogens (tertiary/aromatic N) is 1. The van der Waals surface area contributed by atoms with Crippen LogP contribution in [0.3, 0.4) is 0 Å². The molecule has 1 fully saturated rings. The van der Waals surface area contributed by atoms with E-state index in [0.717, 1.165) is 31.5 Å². The first-order valence-corrected chi connectivity index (χ1v) is 8.09. The van der Waals surface area contributed by atoms with Crippen LogP contribution in [0.1, 0.15) is 37.8 Å². The summed E-state index contributed by atoms with van der Waals surface area (Å²) in [6, 6.07) is 8.32. The van der Waals surface area contributed by atoms with E-state index < -0.39 is 0 Å². The Hall–Kier alpha value is -1.84. The lowest BCUT2D eigenvalue weighted by atomic mass is 10.0. The molecule has 0 bridgehead atoms. The van der Waals surface area contributed by atoms with E-state index in [2.05, 4.69) is 5.32 Å². The van der Waals surface area contributed by atoms with Crippen LogP contribution in [0.25, 0.3) is 0 Å². The molecule has 0 unspecified atom stereocenters. The molecule has 2 amide bonds. The second kappa shape index (κ2) is 7.43. The van der Waals surface area contributed by atoms with Crippen LogP contribution in [0.15, 0.2) is 24.3 Å². The molecule has 1 aromatic rings. The van der Waals surface area contributed by atoms with Gasteiger partial charge in [0, 0.05) is 25.0 Å². The summed E-state index contributed by atoms with van der Waals surface area (Å²) in [7, 11) is 0. The summed E-state index contributed by atoms with van der Waals surface area (Å²) in [5.41, 5.74) is 2.27. The lowest BCUT2D eigenvalue weighted by Crippen LogP contribution is -2.47. The van der Waals surface area contributed by atoms with E-state index in [4.69, 9.17) is 0 Å². The fourth-order valence-electron chi connectivity index (χ4n) is 2.63. The van der Waals surface area contributed by atoms with Crippen LogP contribution in [-0.4, -0.2) is 35.8 Å². The van der Waals surface area contributed by atoms with Crippen molar-refractivity contribution in [3.63, 3.8) is 0 Å². The molecule has 4 nitrogen and oxygen atoms in total. The molecular formula is C18H26N2O2. The summed E-state index contributed by atoms with van der Waals surface area (Å²) in [5.74, 6) is 0.295. The van der Waals surface area contributed by atoms with Gasteiger partial charge in [0.05, 0.1) is 6.42 Å². The van der Waals surface area contributed by atoms with Crippen molar-refractivity contribution in [2.24, 2.45) is 5.92 Å². The lowest BCUT2D eigenvalue weighted by molar-refractivity contribution is -0.131. The van der Waals surface area contributed by atoms with E-state index in [1.807, 2.05) is 49.9 Å². The highest BCUT2D eigenvalue weighted by molar-refractivity contribution is 5.79. The third kappa shape index (κ3) is 4.58. The summed E-state index contributed by atoms with van der Waals surface area (Å²) in [4.78, 5) is 25.9. The van der Waals surface area contributed by atoms with E-state index >= 15 is 0 Å². The summed E-state index contributed by atoms with van der Waals surface area (Å²) >= 11 is 0. The van der Waals surface area contributed by atoms with Gasteiger partial charge in [-0.25, -0.2) is 0 Å². The highest BCUT2D eigenvalue weighted by atomic mass is 16.2. The number of aryl methyl sites for hydroxylation is 1. The molecule has 120 valence electrons. The molecule has 0 spiro atoms. The Labute approximate surface area is 132 Å². The van der Waals surface area contributed by atoms with Crippen LogP contribution >= 0.6 is 0 Å². The highest BCUT2D eigenvalue weighted by Gasteiger charge is 2.24. The van der Waals surface area contributed by atoms with Gasteiger partial charge in [-0.15, -0.1) is 0 Å². The molecule has 0 aliphatic carbocycles. The smallest absolute Gasteiger partial charge is 0.226 e. The first kappa shape index (κ1) is 16.5. The average Bonchev–Trinajstić information content (AvgIpc) is 2.50. The summed E-state index contributed by atoms with van der Waals surface area (Å²) < 4.78 is 0. The minimum atomic E-state index is 0.0150. The van der Waals surface area contributed by atoms with Gasteiger partial charge in [0.1, 0.15) is 0 Å². The van der Waals surface area contributed by atoms with E-state index in [1.54, 1.807) is 0 Å². The molecule has 1 aliphatic rings. The maximum Gasteiger partial charge on any atom is 0.226 e. The van der Waals surface area contributed by atoms with Crippen LogP contribution in [-0.2, 0) is 16.0 Å². The van der Waals surface area contributed by atoms with Crippen molar-refractivity contribution < 1.29 is 9.59 Å². The van der Waals surface area contributed by atoms with E-state index in [0.29, 0.717) is 6.42 Å². The van der Waals surface area contributed by atoms with Gasteiger partial charge in [0.2, 0.25) is 11.8 Å². The second-order valence-electron chi connectivity index (χ2n) is 6.48. The fourth-order valence-corrected chi connectivity index (χ4v) is 2.63. The first-order chi connectivity index (χ1) is 10.5. The zero-order chi connectivity index (χ0) is 16.1. The number of benzene rings is 1. The maximum absolute atomic E-state index is 12.3. The van der Waals surface area contributed by atoms with Crippen LogP contribution in [0.5, 0.6) is 0 Å². The molecule has 1 saturated heterocycles. The second-order valence-corrected chi connectivity index (χ2v) is 6.48. The number of nitrogens with one attached hydrogen (secondary N) is 1. The van der Waals surface area contributed by atoms with Crippen molar-refractivity contribution in [3.8, 4) is 0 Å². The number of carbonyl (C=O) groups excluding carboxylic acids is 2. The van der Waals surface area contributed by atoms with Crippen molar-refractivity contribution >= 4 is 11.8 Å². The number of hydrogen-bond acceptors (Lipinski definition) is 2. The van der Waals surface area contributed by atoms with Gasteiger partial charge in [0.15, 0.2) is 0 Å². The Morgan fingerprint density at radius 2 is 1.77 bits per heavy atom. The lowest BCUT2D eigenvalue weighted by Gasteiger charge is -2.32. The topological polar surface area (TPSA) is 49.4 Å². The molecule has 2 rings (SSSR count). The predicted molar refractivity (Wildman–Crippen MR) is 87.5 cm³/mol. The Balaban J connectivity index is 1.79. The zero-order valence-electron chi connectivity index (χ0n) is 13.8. The normalized spacial score (nSPS) is 15.9. The van der Waals surface area contributed by atoms with Crippen molar-refractivity contribution in [3.05, 3.63) is 35.4 Å². The molecule has 0 radical (unpaired) electrons. The van der Waals surface area contributed by atoms with Gasteiger partial charge < -0.3 is 10.2 Å². The predicted octanol–water partition coefficient (Wildman–Crippen LogP) is 2.30. The van der Waals surface area contributed by atoms with Crippen molar-refractivity contribution in [1.82, 2.24) is 10.2 Å². The van der Waals surface area contributed by atoms with Gasteiger partial charge in [-0.3, -0.25) is 9.59 Å². The van der Waals surface area contributed by atoms with E-state index in [1.165, 1.54) is 5.56 Å². The molecule has 0 saturated carbocycles. The molecular weight excluding hydrogens is 276 g/mol. The van der Waals surface area contributed by atoms with Gasteiger partial charge >= 0.3 is 0 Å². The number of amides is 2. The molecule has 1 N–H and O–H groups in total. The number of piperidine rings is 1. The van der Waals surface area contributed by atoms with E-state index in [9.17, 15) is 9.59 Å². The molecule has 1 heterocycles. The van der Waals surface area contributed by atoms with Gasteiger partial charge in [-0.1, -0.05) is 43.7 Å². The number of carbonyl (C=O) groups is 2. The minimum Gasteiger partial charge on any atom is -0.353 e. The van der Waals surface area contributed by atoms with Crippen LogP contribution in [0.2, 0.25) is 0 Å². The largest absolute Gasteiger partial charge is 0.353 e. The summed E-state index contributed by atoms with van der Waals surface area (Å²) in [6.45, 7) is 7.30. The van der Waals surface area contributed by atoms with Crippen LogP contribution in [0.4, 0.5) is 0 Å². The number of hydrogen-bond donors (Lipinski definition) is 1. The molecule has 22 heavy (non-hydrogen) atoms. The Morgan fingerprint density at radius 1 is 1.18 bits per heavy atom. The Bertz CT molecular complexity index is 514. The van der Waals surface area contributed by atoms with Gasteiger partial charge in [0.25, 0.3) is 0 Å². The highest BCUT2D eigenvalue weighted by Crippen LogP contribution is 2.13. The van der Waals surface area contributed by atoms with E-state index in [-0.39, 0.29) is 23.8 Å². The summed E-state index contributed by atoms with van der Waals surface area (Å²) in [5, 5.41) is 3.06. The third-order valence-corrected chi connectivity index (χ3v) is 4.19. The monoisotopic (exact) mass is 302 g/mol. The molecule has 4 heteroatoms. The van der Waals surface area contributed by atoms with Crippen molar-refractivity contribution in [2.75, 3.05) is 13.1 Å². The van der Waals surface area contributed by atoms with Crippen molar-refractivity contribution in [1.29, 1.82) is 0 Å². The van der Waals surface area contributed by atoms with Crippen LogP contribution < -0.4 is 5.32 Å². The van der Waals surface area contributed by atoms with Gasteiger partial charge in [-0.2, -0.15) is 0 Å². The summed E-state index contributed by atoms with van der Waals surface area (Å²) in [6.07, 6.45) is 2.15. The van der Waals surface area contributed by atoms with Gasteiger partial charge in [-0.05, 0) is 25.3 Å². The average molecular weight is 302 g/mol. The molecule has 1 aliphatic heterocycles. The van der Waals surface area contributed by atoms with Crippen molar-refractivity contribution in [2.45, 2.75) is 46.1 Å². The Morgan fingerprint density at radius 3 is 2.32 bits per heavy atom. The molecule has 0 atom stereocenters. The first-order valence-electron chi connectivity index (χ1n) is 8.09. The quantitative estimate of drug-likeness (QED) is 0.928. The standard InChI is InChI=1S/C18H26N2O2/c1-13(2)18(22)19-16-8-10-20(11-9-16)17(21)12-15-6-4-14(3)5-7-15/h4-7,13,16H,8-12H2,1-3H3,(H,19,22). The number of rotatable bonds is 4. The molecule has 1 aromatic carbocycles. The minimum absolute atomic E-state index is 0.0150. The zero-order valence-corrected chi connectivity index (χ0v) is 13.8. The maximum atomic E-state index is 12.3.